The Morgan fingerprint density at radius 1 is 1.00 bits per heavy atom. The zero-order chi connectivity index (χ0) is 20.1. The highest BCUT2D eigenvalue weighted by Gasteiger charge is 2.21. The van der Waals surface area contributed by atoms with Crippen LogP contribution in [0.2, 0.25) is 0 Å². The molecule has 0 saturated carbocycles. The van der Waals surface area contributed by atoms with Crippen molar-refractivity contribution in [3.05, 3.63) is 83.8 Å². The molecule has 1 fully saturated rings. The molecule has 2 amide bonds. The molecule has 1 N–H and O–H groups in total. The molecule has 6 nitrogen and oxygen atoms in total. The summed E-state index contributed by atoms with van der Waals surface area (Å²) >= 11 is 0. The quantitative estimate of drug-likeness (QED) is 0.705. The van der Waals surface area contributed by atoms with Crippen LogP contribution in [0.4, 0.5) is 11.5 Å². The number of carbonyl (C=O) groups is 2. The summed E-state index contributed by atoms with van der Waals surface area (Å²) in [7, 11) is 0. The number of hydrogen-bond acceptors (Lipinski definition) is 4. The van der Waals surface area contributed by atoms with Gasteiger partial charge in [-0.1, -0.05) is 42.5 Å². The minimum Gasteiger partial charge on any atom is -0.312 e. The summed E-state index contributed by atoms with van der Waals surface area (Å²) in [6.45, 7) is 0.762. The fourth-order valence-corrected chi connectivity index (χ4v) is 3.42. The van der Waals surface area contributed by atoms with Crippen LogP contribution in [-0.2, 0) is 22.4 Å². The van der Waals surface area contributed by atoms with Gasteiger partial charge >= 0.3 is 0 Å². The Hall–Kier alpha value is -3.54. The van der Waals surface area contributed by atoms with Gasteiger partial charge in [0.15, 0.2) is 0 Å². The number of rotatable bonds is 6. The first-order chi connectivity index (χ1) is 14.2. The monoisotopic (exact) mass is 386 g/mol. The highest BCUT2D eigenvalue weighted by Crippen LogP contribution is 2.21. The Kier molecular flexibility index (Phi) is 5.61. The van der Waals surface area contributed by atoms with Gasteiger partial charge in [0.25, 0.3) is 0 Å². The molecule has 0 radical (unpaired) electrons. The number of nitrogens with one attached hydrogen (secondary N) is 1. The van der Waals surface area contributed by atoms with Crippen molar-refractivity contribution in [2.24, 2.45) is 0 Å². The lowest BCUT2D eigenvalue weighted by Crippen LogP contribution is -2.23. The van der Waals surface area contributed by atoms with Crippen molar-refractivity contribution >= 4 is 23.3 Å². The molecule has 1 saturated heterocycles. The average molecular weight is 386 g/mol. The van der Waals surface area contributed by atoms with Crippen LogP contribution in [0.15, 0.2) is 66.9 Å². The van der Waals surface area contributed by atoms with E-state index in [1.54, 1.807) is 17.2 Å². The third-order valence-corrected chi connectivity index (χ3v) is 4.86. The fraction of sp³-hybridized carbons (Fsp3) is 0.217. The minimum absolute atomic E-state index is 0.139. The molecule has 0 aliphatic carbocycles. The van der Waals surface area contributed by atoms with E-state index in [4.69, 9.17) is 0 Å². The van der Waals surface area contributed by atoms with Crippen LogP contribution >= 0.6 is 0 Å². The molecule has 0 unspecified atom stereocenters. The first-order valence-electron chi connectivity index (χ1n) is 9.72. The number of nitrogens with zero attached hydrogens (tertiary/aromatic N) is 3. The van der Waals surface area contributed by atoms with E-state index in [2.05, 4.69) is 15.3 Å². The molecule has 6 heteroatoms. The van der Waals surface area contributed by atoms with Gasteiger partial charge in [-0.15, -0.1) is 0 Å². The van der Waals surface area contributed by atoms with Crippen LogP contribution in [0.25, 0.3) is 0 Å². The third kappa shape index (κ3) is 4.85. The first-order valence-corrected chi connectivity index (χ1v) is 9.72. The summed E-state index contributed by atoms with van der Waals surface area (Å²) in [5.41, 5.74) is 2.89. The molecule has 0 spiro atoms. The van der Waals surface area contributed by atoms with Crippen molar-refractivity contribution in [1.82, 2.24) is 9.97 Å². The molecule has 2 aromatic carbocycles. The van der Waals surface area contributed by atoms with E-state index in [0.717, 1.165) is 29.8 Å². The van der Waals surface area contributed by atoms with Crippen LogP contribution < -0.4 is 10.2 Å². The second kappa shape index (κ2) is 8.65. The third-order valence-electron chi connectivity index (χ3n) is 4.86. The van der Waals surface area contributed by atoms with Gasteiger partial charge in [0.05, 0.1) is 6.42 Å². The summed E-state index contributed by atoms with van der Waals surface area (Å²) < 4.78 is 0. The van der Waals surface area contributed by atoms with Gasteiger partial charge in [-0.3, -0.25) is 9.59 Å². The molecule has 0 atom stereocenters. The van der Waals surface area contributed by atoms with Crippen LogP contribution in [-0.4, -0.2) is 28.3 Å². The van der Waals surface area contributed by atoms with Crippen molar-refractivity contribution in [3.8, 4) is 0 Å². The van der Waals surface area contributed by atoms with E-state index in [1.165, 1.54) is 0 Å². The van der Waals surface area contributed by atoms with E-state index in [1.807, 2.05) is 54.6 Å². The lowest BCUT2D eigenvalue weighted by atomic mass is 10.1. The number of carbonyl (C=O) groups excluding carboxylic acids is 2. The Bertz CT molecular complexity index is 1000. The number of benzene rings is 2. The van der Waals surface area contributed by atoms with Crippen molar-refractivity contribution < 1.29 is 9.59 Å². The first kappa shape index (κ1) is 18.8. The predicted octanol–water partition coefficient (Wildman–Crippen LogP) is 3.38. The molecule has 3 aromatic rings. The zero-order valence-corrected chi connectivity index (χ0v) is 16.0. The Morgan fingerprint density at radius 2 is 1.79 bits per heavy atom. The van der Waals surface area contributed by atoms with Gasteiger partial charge in [0.2, 0.25) is 11.8 Å². The summed E-state index contributed by atoms with van der Waals surface area (Å²) in [6.07, 6.45) is 4.01. The van der Waals surface area contributed by atoms with Gasteiger partial charge in [-0.2, -0.15) is 0 Å². The largest absolute Gasteiger partial charge is 0.312 e. The normalized spacial score (nSPS) is 13.5. The van der Waals surface area contributed by atoms with E-state index < -0.39 is 0 Å². The highest BCUT2D eigenvalue weighted by molar-refractivity contribution is 5.95. The lowest BCUT2D eigenvalue weighted by molar-refractivity contribution is -0.117. The van der Waals surface area contributed by atoms with E-state index in [9.17, 15) is 9.59 Å². The average Bonchev–Trinajstić information content (AvgIpc) is 3.15. The predicted molar refractivity (Wildman–Crippen MR) is 112 cm³/mol. The van der Waals surface area contributed by atoms with Gasteiger partial charge in [0, 0.05) is 31.3 Å². The highest BCUT2D eigenvalue weighted by atomic mass is 16.2. The number of anilines is 2. The van der Waals surface area contributed by atoms with Gasteiger partial charge < -0.3 is 10.2 Å². The Balaban J connectivity index is 1.36. The van der Waals surface area contributed by atoms with Gasteiger partial charge in [0.1, 0.15) is 11.6 Å². The SMILES string of the molecule is O=C(Cc1ccc(N2CCCC2=O)cc1)Nc1ccnc(Cc2ccccc2)n1. The molecular weight excluding hydrogens is 364 g/mol. The summed E-state index contributed by atoms with van der Waals surface area (Å²) in [4.78, 5) is 34.8. The zero-order valence-electron chi connectivity index (χ0n) is 16.0. The van der Waals surface area contributed by atoms with Crippen LogP contribution in [0, 0.1) is 0 Å². The molecule has 1 aliphatic rings. The molecule has 0 bridgehead atoms. The standard InChI is InChI=1S/C23H22N4O2/c28-22(16-18-8-10-19(11-9-18)27-14-4-7-23(27)29)26-20-12-13-24-21(25-20)15-17-5-2-1-3-6-17/h1-3,5-6,8-13H,4,7,14-16H2,(H,24,25,26,28). The molecule has 146 valence electrons. The maximum atomic E-state index is 12.4. The molecular formula is C23H22N4O2. The molecule has 29 heavy (non-hydrogen) atoms. The van der Waals surface area contributed by atoms with E-state index in [0.29, 0.717) is 24.5 Å². The summed E-state index contributed by atoms with van der Waals surface area (Å²) in [6, 6.07) is 19.2. The molecule has 1 aliphatic heterocycles. The summed E-state index contributed by atoms with van der Waals surface area (Å²) in [5.74, 6) is 1.17. The van der Waals surface area contributed by atoms with Crippen molar-refractivity contribution in [2.75, 3.05) is 16.8 Å². The van der Waals surface area contributed by atoms with Crippen LogP contribution in [0.1, 0.15) is 29.8 Å². The van der Waals surface area contributed by atoms with Crippen molar-refractivity contribution in [1.29, 1.82) is 0 Å². The summed E-state index contributed by atoms with van der Waals surface area (Å²) in [5, 5.41) is 2.84. The number of amides is 2. The van der Waals surface area contributed by atoms with E-state index in [-0.39, 0.29) is 18.2 Å². The topological polar surface area (TPSA) is 75.2 Å². The smallest absolute Gasteiger partial charge is 0.229 e. The minimum atomic E-state index is -0.139. The van der Waals surface area contributed by atoms with Crippen molar-refractivity contribution in [3.63, 3.8) is 0 Å². The number of aromatic nitrogens is 2. The van der Waals surface area contributed by atoms with Gasteiger partial charge in [-0.05, 0) is 35.7 Å². The molecule has 1 aromatic heterocycles. The maximum absolute atomic E-state index is 12.4. The lowest BCUT2D eigenvalue weighted by Gasteiger charge is -2.15. The van der Waals surface area contributed by atoms with E-state index >= 15 is 0 Å². The maximum Gasteiger partial charge on any atom is 0.229 e. The Morgan fingerprint density at radius 3 is 2.52 bits per heavy atom. The van der Waals surface area contributed by atoms with Crippen molar-refractivity contribution in [2.45, 2.75) is 25.7 Å². The second-order valence-electron chi connectivity index (χ2n) is 7.06. The Labute approximate surface area is 169 Å². The molecule has 2 heterocycles. The second-order valence-corrected chi connectivity index (χ2v) is 7.06. The number of hydrogen-bond donors (Lipinski definition) is 1. The van der Waals surface area contributed by atoms with Gasteiger partial charge in [-0.25, -0.2) is 9.97 Å². The fourth-order valence-electron chi connectivity index (χ4n) is 3.42. The van der Waals surface area contributed by atoms with Crippen LogP contribution in [0.5, 0.6) is 0 Å². The molecule has 4 rings (SSSR count). The van der Waals surface area contributed by atoms with Crippen LogP contribution in [0.3, 0.4) is 0 Å².